The van der Waals surface area contributed by atoms with Gasteiger partial charge in [0.1, 0.15) is 11.5 Å². The standard InChI is InChI=1S/C19H15BrF3NO4/c20-15-11-12(28-19(21,22)23)7-8-16(15)27-10-4-3-9-24-17(25)13-5-1-2-6-14(13)18(24)26/h1-2,5-8,11H,3-4,9-10H2. The molecule has 1 aliphatic rings. The van der Waals surface area contributed by atoms with Crippen LogP contribution < -0.4 is 9.47 Å². The second-order valence-corrected chi connectivity index (χ2v) is 6.86. The zero-order chi connectivity index (χ0) is 20.3. The molecule has 2 aromatic rings. The predicted molar refractivity (Wildman–Crippen MR) is 97.4 cm³/mol. The van der Waals surface area contributed by atoms with Crippen LogP contribution >= 0.6 is 15.9 Å². The van der Waals surface area contributed by atoms with E-state index in [2.05, 4.69) is 20.7 Å². The average Bonchev–Trinajstić information content (AvgIpc) is 2.87. The first-order valence-corrected chi connectivity index (χ1v) is 9.19. The van der Waals surface area contributed by atoms with Crippen LogP contribution in [0, 0.1) is 0 Å². The molecular formula is C19H15BrF3NO4. The number of ether oxygens (including phenoxy) is 2. The molecule has 148 valence electrons. The van der Waals surface area contributed by atoms with Crippen molar-refractivity contribution in [3.63, 3.8) is 0 Å². The molecule has 1 heterocycles. The molecule has 0 radical (unpaired) electrons. The Labute approximate surface area is 167 Å². The number of benzene rings is 2. The summed E-state index contributed by atoms with van der Waals surface area (Å²) in [6.07, 6.45) is -3.66. The lowest BCUT2D eigenvalue weighted by Gasteiger charge is -2.14. The van der Waals surface area contributed by atoms with Crippen molar-refractivity contribution in [3.05, 3.63) is 58.1 Å². The molecule has 0 N–H and O–H groups in total. The van der Waals surface area contributed by atoms with E-state index in [9.17, 15) is 22.8 Å². The van der Waals surface area contributed by atoms with Gasteiger partial charge in [-0.25, -0.2) is 0 Å². The minimum Gasteiger partial charge on any atom is -0.492 e. The van der Waals surface area contributed by atoms with E-state index in [4.69, 9.17) is 4.74 Å². The van der Waals surface area contributed by atoms with Gasteiger partial charge < -0.3 is 9.47 Å². The summed E-state index contributed by atoms with van der Waals surface area (Å²) in [5.41, 5.74) is 0.822. The van der Waals surface area contributed by atoms with E-state index in [1.165, 1.54) is 17.0 Å². The number of nitrogens with zero attached hydrogens (tertiary/aromatic N) is 1. The summed E-state index contributed by atoms with van der Waals surface area (Å²) in [7, 11) is 0. The van der Waals surface area contributed by atoms with Crippen molar-refractivity contribution in [2.24, 2.45) is 0 Å². The SMILES string of the molecule is O=C1c2ccccc2C(=O)N1CCCCOc1ccc(OC(F)(F)F)cc1Br. The summed E-state index contributed by atoms with van der Waals surface area (Å²) >= 11 is 3.14. The number of carbonyl (C=O) groups excluding carboxylic acids is 2. The highest BCUT2D eigenvalue weighted by Crippen LogP contribution is 2.32. The Hall–Kier alpha value is -2.55. The zero-order valence-corrected chi connectivity index (χ0v) is 16.0. The van der Waals surface area contributed by atoms with Gasteiger partial charge in [-0.3, -0.25) is 14.5 Å². The minimum atomic E-state index is -4.76. The Morgan fingerprint density at radius 1 is 0.964 bits per heavy atom. The maximum atomic E-state index is 12.2. The van der Waals surface area contributed by atoms with Crippen LogP contribution in [0.25, 0.3) is 0 Å². The summed E-state index contributed by atoms with van der Waals surface area (Å²) in [6, 6.07) is 10.4. The monoisotopic (exact) mass is 457 g/mol. The van der Waals surface area contributed by atoms with Crippen molar-refractivity contribution in [2.75, 3.05) is 13.2 Å². The molecule has 5 nitrogen and oxygen atoms in total. The van der Waals surface area contributed by atoms with Crippen LogP contribution in [0.3, 0.4) is 0 Å². The molecule has 28 heavy (non-hydrogen) atoms. The fourth-order valence-electron chi connectivity index (χ4n) is 2.79. The Kier molecular flexibility index (Phi) is 5.93. The Bertz CT molecular complexity index is 866. The van der Waals surface area contributed by atoms with E-state index >= 15 is 0 Å². The highest BCUT2D eigenvalue weighted by molar-refractivity contribution is 9.10. The van der Waals surface area contributed by atoms with Gasteiger partial charge in [-0.05, 0) is 59.1 Å². The summed E-state index contributed by atoms with van der Waals surface area (Å²) < 4.78 is 46.3. The molecule has 0 fully saturated rings. The van der Waals surface area contributed by atoms with E-state index in [-0.39, 0.29) is 30.7 Å². The van der Waals surface area contributed by atoms with Gasteiger partial charge in [-0.1, -0.05) is 12.1 Å². The largest absolute Gasteiger partial charge is 0.573 e. The molecule has 0 unspecified atom stereocenters. The number of halogens is 4. The van der Waals surface area contributed by atoms with Crippen LogP contribution in [-0.2, 0) is 0 Å². The number of carbonyl (C=O) groups is 2. The lowest BCUT2D eigenvalue weighted by atomic mass is 10.1. The van der Waals surface area contributed by atoms with Gasteiger partial charge in [0.25, 0.3) is 11.8 Å². The average molecular weight is 458 g/mol. The molecule has 1 aliphatic heterocycles. The van der Waals surface area contributed by atoms with Crippen molar-refractivity contribution in [1.82, 2.24) is 4.90 Å². The molecule has 0 saturated carbocycles. The third-order valence-corrected chi connectivity index (χ3v) is 4.67. The topological polar surface area (TPSA) is 55.8 Å². The molecule has 0 saturated heterocycles. The normalized spacial score (nSPS) is 13.6. The number of hydrogen-bond acceptors (Lipinski definition) is 4. The Morgan fingerprint density at radius 2 is 1.61 bits per heavy atom. The van der Waals surface area contributed by atoms with Gasteiger partial charge in [0.15, 0.2) is 0 Å². The van der Waals surface area contributed by atoms with E-state index < -0.39 is 6.36 Å². The second kappa shape index (κ2) is 8.22. The molecule has 2 amide bonds. The Balaban J connectivity index is 1.46. The van der Waals surface area contributed by atoms with Crippen molar-refractivity contribution in [1.29, 1.82) is 0 Å². The van der Waals surface area contributed by atoms with Crippen LogP contribution in [0.4, 0.5) is 13.2 Å². The number of imide groups is 1. The minimum absolute atomic E-state index is 0.273. The fraction of sp³-hybridized carbons (Fsp3) is 0.263. The maximum Gasteiger partial charge on any atom is 0.573 e. The van der Waals surface area contributed by atoms with E-state index in [0.29, 0.717) is 34.2 Å². The van der Waals surface area contributed by atoms with Crippen LogP contribution in [0.15, 0.2) is 46.9 Å². The summed E-state index contributed by atoms with van der Waals surface area (Å²) in [4.78, 5) is 25.7. The smallest absolute Gasteiger partial charge is 0.492 e. The molecule has 3 rings (SSSR count). The maximum absolute atomic E-state index is 12.2. The molecular weight excluding hydrogens is 443 g/mol. The van der Waals surface area contributed by atoms with E-state index in [1.54, 1.807) is 24.3 Å². The number of alkyl halides is 3. The zero-order valence-electron chi connectivity index (χ0n) is 14.5. The third kappa shape index (κ3) is 4.64. The number of amides is 2. The predicted octanol–water partition coefficient (Wildman–Crippen LogP) is 4.80. The fourth-order valence-corrected chi connectivity index (χ4v) is 3.26. The molecule has 0 bridgehead atoms. The van der Waals surface area contributed by atoms with Gasteiger partial charge >= 0.3 is 6.36 Å². The number of hydrogen-bond donors (Lipinski definition) is 0. The third-order valence-electron chi connectivity index (χ3n) is 4.05. The summed E-state index contributed by atoms with van der Waals surface area (Å²) in [5, 5.41) is 0. The van der Waals surface area contributed by atoms with Gasteiger partial charge in [0, 0.05) is 6.54 Å². The van der Waals surface area contributed by atoms with Gasteiger partial charge in [0.2, 0.25) is 0 Å². The number of rotatable bonds is 7. The first kappa shape index (κ1) is 20.2. The molecule has 0 aromatic heterocycles. The first-order chi connectivity index (χ1) is 13.3. The quantitative estimate of drug-likeness (QED) is 0.442. The van der Waals surface area contributed by atoms with Gasteiger partial charge in [-0.15, -0.1) is 13.2 Å². The second-order valence-electron chi connectivity index (χ2n) is 6.00. The lowest BCUT2D eigenvalue weighted by molar-refractivity contribution is -0.274. The van der Waals surface area contributed by atoms with Crippen LogP contribution in [0.2, 0.25) is 0 Å². The molecule has 0 aliphatic carbocycles. The number of unbranched alkanes of at least 4 members (excludes halogenated alkanes) is 1. The van der Waals surface area contributed by atoms with Crippen molar-refractivity contribution in [2.45, 2.75) is 19.2 Å². The number of fused-ring (bicyclic) bond motifs is 1. The van der Waals surface area contributed by atoms with Crippen molar-refractivity contribution < 1.29 is 32.2 Å². The Morgan fingerprint density at radius 3 is 2.18 bits per heavy atom. The molecule has 9 heteroatoms. The highest BCUT2D eigenvalue weighted by Gasteiger charge is 2.34. The van der Waals surface area contributed by atoms with Gasteiger partial charge in [-0.2, -0.15) is 0 Å². The lowest BCUT2D eigenvalue weighted by Crippen LogP contribution is -2.30. The van der Waals surface area contributed by atoms with Crippen molar-refractivity contribution in [3.8, 4) is 11.5 Å². The first-order valence-electron chi connectivity index (χ1n) is 8.39. The van der Waals surface area contributed by atoms with E-state index in [1.807, 2.05) is 0 Å². The van der Waals surface area contributed by atoms with Crippen LogP contribution in [0.5, 0.6) is 11.5 Å². The van der Waals surface area contributed by atoms with Crippen LogP contribution in [0.1, 0.15) is 33.6 Å². The molecule has 2 aromatic carbocycles. The highest BCUT2D eigenvalue weighted by atomic mass is 79.9. The van der Waals surface area contributed by atoms with E-state index in [0.717, 1.165) is 6.07 Å². The summed E-state index contributed by atoms with van der Waals surface area (Å²) in [5.74, 6) is -0.582. The summed E-state index contributed by atoms with van der Waals surface area (Å²) in [6.45, 7) is 0.552. The van der Waals surface area contributed by atoms with Gasteiger partial charge in [0.05, 0.1) is 22.2 Å². The van der Waals surface area contributed by atoms with Crippen molar-refractivity contribution >= 4 is 27.7 Å². The molecule has 0 atom stereocenters. The molecule has 0 spiro atoms. The van der Waals surface area contributed by atoms with Crippen LogP contribution in [-0.4, -0.2) is 36.2 Å².